The number of carbonyl (C=O) groups is 1. The summed E-state index contributed by atoms with van der Waals surface area (Å²) in [7, 11) is 0. The Bertz CT molecular complexity index is 70.1. The summed E-state index contributed by atoms with van der Waals surface area (Å²) >= 11 is 0. The molecule has 40 valence electrons. The van der Waals surface area contributed by atoms with Gasteiger partial charge in [0, 0.05) is 17.4 Å². The monoisotopic (exact) mass is 137 g/mol. The topological polar surface area (TPSA) is 34.1 Å². The van der Waals surface area contributed by atoms with E-state index in [0.717, 1.165) is 0 Å². The number of rotatable bonds is 2. The summed E-state index contributed by atoms with van der Waals surface area (Å²) in [5.41, 5.74) is 0. The van der Waals surface area contributed by atoms with Gasteiger partial charge in [-0.2, -0.15) is 0 Å². The van der Waals surface area contributed by atoms with Gasteiger partial charge >= 0.3 is 0 Å². The molecule has 0 aromatic rings. The molecule has 0 fully saturated rings. The van der Waals surface area contributed by atoms with Crippen LogP contribution in [0.4, 0.5) is 0 Å². The molecule has 0 radical (unpaired) electrons. The summed E-state index contributed by atoms with van der Waals surface area (Å²) in [6.45, 7) is 1.35. The van der Waals surface area contributed by atoms with Crippen LogP contribution in [0.5, 0.6) is 0 Å². The molecule has 0 N–H and O–H groups in total. The summed E-state index contributed by atoms with van der Waals surface area (Å²) in [6.07, 6.45) is 1.40. The van der Waals surface area contributed by atoms with Gasteiger partial charge in [-0.25, -0.2) is 0 Å². The van der Waals surface area contributed by atoms with Crippen LogP contribution in [0.15, 0.2) is 0 Å². The Labute approximate surface area is 53.0 Å². The molecule has 0 aliphatic carbocycles. The van der Waals surface area contributed by atoms with Crippen molar-refractivity contribution in [3.8, 4) is 0 Å². The molecule has 2 nitrogen and oxygen atoms in total. The van der Waals surface area contributed by atoms with Crippen molar-refractivity contribution in [1.29, 1.82) is 0 Å². The Morgan fingerprint density at radius 3 is 2.14 bits per heavy atom. The van der Waals surface area contributed by atoms with E-state index in [1.807, 2.05) is 0 Å². The molecule has 0 spiro atoms. The van der Waals surface area contributed by atoms with Crippen LogP contribution in [-0.2, 0) is 27.0 Å². The molecule has 0 heterocycles. The van der Waals surface area contributed by atoms with Gasteiger partial charge in [0.2, 0.25) is 0 Å². The fraction of sp³-hybridized carbons (Fsp3) is 0.500. The van der Waals surface area contributed by atoms with Crippen molar-refractivity contribution in [3.05, 3.63) is 0 Å². The number of ketones is 1. The van der Waals surface area contributed by atoms with E-state index in [0.29, 0.717) is 0 Å². The Hall–Kier alpha value is -0.128. The first-order chi connectivity index (χ1) is 2.77. The zero-order valence-electron chi connectivity index (χ0n) is 3.93. The SMILES string of the molecule is CC(=O)C[C-]=O.[Cr]. The van der Waals surface area contributed by atoms with Crippen molar-refractivity contribution in [2.45, 2.75) is 13.3 Å². The molecule has 0 atom stereocenters. The molecule has 0 aromatic carbocycles. The predicted octanol–water partition coefficient (Wildman–Crippen LogP) is 0.0727. The molecule has 3 heteroatoms. The van der Waals surface area contributed by atoms with Crippen LogP contribution in [0.25, 0.3) is 0 Å². The predicted molar refractivity (Wildman–Crippen MR) is 21.0 cm³/mol. The van der Waals surface area contributed by atoms with Gasteiger partial charge in [0.05, 0.1) is 0 Å². The molecule has 0 bridgehead atoms. The third-order valence-corrected chi connectivity index (χ3v) is 0.321. The second-order valence-electron chi connectivity index (χ2n) is 1.02. The average Bonchev–Trinajstić information content (AvgIpc) is 1.35. The zero-order valence-corrected chi connectivity index (χ0v) is 5.21. The standard InChI is InChI=1S/C4H5O2.Cr/c1-4(6)2-3-5;/h2H2,1H3;/q-1;. The van der Waals surface area contributed by atoms with Gasteiger partial charge in [-0.1, -0.05) is 6.42 Å². The van der Waals surface area contributed by atoms with Crippen LogP contribution in [0.1, 0.15) is 13.3 Å². The Balaban J connectivity index is 0. The molecule has 0 saturated heterocycles. The molecule has 7 heavy (non-hydrogen) atoms. The van der Waals surface area contributed by atoms with Crippen molar-refractivity contribution in [3.63, 3.8) is 0 Å². The summed E-state index contributed by atoms with van der Waals surface area (Å²) in [5, 5.41) is 0. The second-order valence-corrected chi connectivity index (χ2v) is 1.02. The van der Waals surface area contributed by atoms with Crippen LogP contribution < -0.4 is 0 Å². The summed E-state index contributed by atoms with van der Waals surface area (Å²) in [4.78, 5) is 19.1. The van der Waals surface area contributed by atoms with Crippen LogP contribution in [0.2, 0.25) is 0 Å². The first-order valence-corrected chi connectivity index (χ1v) is 1.62. The van der Waals surface area contributed by atoms with Crippen LogP contribution >= 0.6 is 0 Å². The van der Waals surface area contributed by atoms with E-state index >= 15 is 0 Å². The zero-order chi connectivity index (χ0) is 4.99. The van der Waals surface area contributed by atoms with Gasteiger partial charge < -0.3 is 9.59 Å². The molecule has 0 aliphatic heterocycles. The summed E-state index contributed by atoms with van der Waals surface area (Å²) in [5.74, 6) is -0.134. The minimum atomic E-state index is -0.134. The smallest absolute Gasteiger partial charge is 0.103 e. The second kappa shape index (κ2) is 5.87. The fourth-order valence-corrected chi connectivity index (χ4v) is 0.102. The molecular formula is C4H5CrO2-. The van der Waals surface area contributed by atoms with Gasteiger partial charge in [-0.15, -0.1) is 0 Å². The van der Waals surface area contributed by atoms with E-state index in [2.05, 4.69) is 0 Å². The van der Waals surface area contributed by atoms with Crippen molar-refractivity contribution in [2.24, 2.45) is 0 Å². The van der Waals surface area contributed by atoms with Crippen LogP contribution in [-0.4, -0.2) is 12.1 Å². The first kappa shape index (κ1) is 9.98. The molecule has 0 unspecified atom stereocenters. The van der Waals surface area contributed by atoms with Gasteiger partial charge in [0.25, 0.3) is 0 Å². The van der Waals surface area contributed by atoms with Crippen molar-refractivity contribution in [1.82, 2.24) is 0 Å². The van der Waals surface area contributed by atoms with E-state index < -0.39 is 0 Å². The van der Waals surface area contributed by atoms with E-state index in [9.17, 15) is 9.59 Å². The van der Waals surface area contributed by atoms with Crippen LogP contribution in [0, 0.1) is 0 Å². The maximum Gasteiger partial charge on any atom is 0.103 e. The van der Waals surface area contributed by atoms with E-state index in [1.54, 1.807) is 0 Å². The third-order valence-electron chi connectivity index (χ3n) is 0.321. The van der Waals surface area contributed by atoms with Crippen molar-refractivity contribution >= 4 is 12.1 Å². The molecular weight excluding hydrogens is 132 g/mol. The van der Waals surface area contributed by atoms with Gasteiger partial charge in [-0.05, 0) is 6.92 Å². The summed E-state index contributed by atoms with van der Waals surface area (Å²) in [6, 6.07) is 0. The van der Waals surface area contributed by atoms with Gasteiger partial charge in [-0.3, -0.25) is 6.29 Å². The maximum atomic E-state index is 9.78. The Morgan fingerprint density at radius 1 is 1.71 bits per heavy atom. The average molecular weight is 137 g/mol. The van der Waals surface area contributed by atoms with Gasteiger partial charge in [0.1, 0.15) is 5.78 Å². The fourth-order valence-electron chi connectivity index (χ4n) is 0.102. The van der Waals surface area contributed by atoms with E-state index in [4.69, 9.17) is 0 Å². The van der Waals surface area contributed by atoms with Crippen LogP contribution in [0.3, 0.4) is 0 Å². The van der Waals surface area contributed by atoms with E-state index in [1.165, 1.54) is 13.2 Å². The Morgan fingerprint density at radius 2 is 2.14 bits per heavy atom. The third kappa shape index (κ3) is 10.7. The number of hydrogen-bond donors (Lipinski definition) is 0. The largest absolute Gasteiger partial charge is 0.541 e. The normalized spacial score (nSPS) is 6.43. The summed E-state index contributed by atoms with van der Waals surface area (Å²) < 4.78 is 0. The molecule has 0 aromatic heterocycles. The Kier molecular flexibility index (Phi) is 8.37. The van der Waals surface area contributed by atoms with Crippen molar-refractivity contribution in [2.75, 3.05) is 0 Å². The quantitative estimate of drug-likeness (QED) is 0.398. The first-order valence-electron chi connectivity index (χ1n) is 1.62. The number of carbonyl (C=O) groups excluding carboxylic acids is 2. The number of hydrogen-bond acceptors (Lipinski definition) is 2. The molecule has 0 amide bonds. The van der Waals surface area contributed by atoms with Crippen molar-refractivity contribution < 1.29 is 27.0 Å². The number of Topliss-reactive ketones (excluding diaryl/α,β-unsaturated/α-hetero) is 1. The van der Waals surface area contributed by atoms with E-state index in [-0.39, 0.29) is 29.6 Å². The molecule has 0 saturated carbocycles. The molecule has 0 aliphatic rings. The minimum absolute atomic E-state index is 0. The maximum absolute atomic E-state index is 9.78. The van der Waals surface area contributed by atoms with Gasteiger partial charge in [0.15, 0.2) is 0 Å². The molecule has 0 rings (SSSR count). The minimum Gasteiger partial charge on any atom is -0.541 e.